The van der Waals surface area contributed by atoms with E-state index < -0.39 is 0 Å². The van der Waals surface area contributed by atoms with Crippen molar-refractivity contribution >= 4 is 23.1 Å². The van der Waals surface area contributed by atoms with Crippen molar-refractivity contribution in [2.45, 2.75) is 59.3 Å². The summed E-state index contributed by atoms with van der Waals surface area (Å²) in [7, 11) is 0. The molecule has 0 heterocycles. The fraction of sp³-hybridized carbons (Fsp3) is 0.562. The predicted molar refractivity (Wildman–Crippen MR) is 83.2 cm³/mol. The van der Waals surface area contributed by atoms with E-state index in [1.54, 1.807) is 0 Å². The van der Waals surface area contributed by atoms with Gasteiger partial charge < -0.3 is 0 Å². The van der Waals surface area contributed by atoms with Crippen LogP contribution in [0.5, 0.6) is 0 Å². The zero-order valence-corrected chi connectivity index (χ0v) is 12.9. The molecule has 2 heteroatoms. The minimum atomic E-state index is 0.216. The lowest BCUT2D eigenvalue weighted by Crippen LogP contribution is -2.16. The molecule has 1 nitrogen and oxygen atoms in total. The number of hydrogen-bond acceptors (Lipinski definition) is 2. The minimum Gasteiger partial charge on any atom is -0.194 e. The molecule has 0 saturated heterocycles. The predicted octanol–water partition coefficient (Wildman–Crippen LogP) is 5.23. The molecule has 18 heavy (non-hydrogen) atoms. The highest BCUT2D eigenvalue weighted by molar-refractivity contribution is 7.78. The molecule has 0 bridgehead atoms. The Balaban J connectivity index is 3.48. The van der Waals surface area contributed by atoms with E-state index in [2.05, 4.69) is 56.9 Å². The number of hydrogen-bond donors (Lipinski definition) is 0. The van der Waals surface area contributed by atoms with Crippen LogP contribution in [0.25, 0.3) is 0 Å². The average molecular weight is 261 g/mol. The van der Waals surface area contributed by atoms with E-state index in [1.165, 1.54) is 16.7 Å². The SMILES string of the molecule is CCc1cc(C(C)(C)CC)cc(CC)c1N=C=S. The van der Waals surface area contributed by atoms with Crippen LogP contribution < -0.4 is 0 Å². The Kier molecular flexibility index (Phi) is 5.25. The summed E-state index contributed by atoms with van der Waals surface area (Å²) in [6.07, 6.45) is 3.10. The lowest BCUT2D eigenvalue weighted by molar-refractivity contribution is 0.505. The standard InChI is InChI=1S/C16H23NS/c1-6-12-9-14(16(4,5)8-3)10-13(7-2)15(12)17-11-18/h9-10H,6-8H2,1-5H3. The molecule has 0 spiro atoms. The van der Waals surface area contributed by atoms with Gasteiger partial charge in [0.25, 0.3) is 0 Å². The number of nitrogens with zero attached hydrogens (tertiary/aromatic N) is 1. The maximum atomic E-state index is 4.76. The third-order valence-corrected chi connectivity index (χ3v) is 3.94. The van der Waals surface area contributed by atoms with Gasteiger partial charge in [0.1, 0.15) is 0 Å². The van der Waals surface area contributed by atoms with E-state index >= 15 is 0 Å². The molecular formula is C16H23NS. The van der Waals surface area contributed by atoms with E-state index in [-0.39, 0.29) is 5.41 Å². The first kappa shape index (κ1) is 15.1. The smallest absolute Gasteiger partial charge is 0.0803 e. The summed E-state index contributed by atoms with van der Waals surface area (Å²) in [6, 6.07) is 4.57. The molecule has 1 aromatic rings. The second-order valence-corrected chi connectivity index (χ2v) is 5.47. The molecule has 0 fully saturated rings. The van der Waals surface area contributed by atoms with Gasteiger partial charge in [-0.25, -0.2) is 0 Å². The van der Waals surface area contributed by atoms with Gasteiger partial charge in [-0.1, -0.05) is 46.8 Å². The van der Waals surface area contributed by atoms with Gasteiger partial charge in [0.05, 0.1) is 10.8 Å². The van der Waals surface area contributed by atoms with Crippen LogP contribution in [0.15, 0.2) is 17.1 Å². The fourth-order valence-corrected chi connectivity index (χ4v) is 2.17. The first-order valence-corrected chi connectivity index (χ1v) is 7.15. The number of benzene rings is 1. The van der Waals surface area contributed by atoms with Crippen LogP contribution >= 0.6 is 12.2 Å². The van der Waals surface area contributed by atoms with Crippen molar-refractivity contribution in [3.63, 3.8) is 0 Å². The highest BCUT2D eigenvalue weighted by Gasteiger charge is 2.20. The van der Waals surface area contributed by atoms with Crippen LogP contribution in [0, 0.1) is 0 Å². The molecule has 98 valence electrons. The topological polar surface area (TPSA) is 12.4 Å². The van der Waals surface area contributed by atoms with Gasteiger partial charge in [0.2, 0.25) is 0 Å². The average Bonchev–Trinajstić information content (AvgIpc) is 2.38. The second-order valence-electron chi connectivity index (χ2n) is 5.29. The Labute approximate surface area is 116 Å². The van der Waals surface area contributed by atoms with Gasteiger partial charge in [-0.15, -0.1) is 0 Å². The molecule has 0 atom stereocenters. The van der Waals surface area contributed by atoms with Crippen molar-refractivity contribution in [3.05, 3.63) is 28.8 Å². The van der Waals surface area contributed by atoms with Crippen molar-refractivity contribution in [2.24, 2.45) is 4.99 Å². The van der Waals surface area contributed by atoms with Crippen molar-refractivity contribution in [1.29, 1.82) is 0 Å². The highest BCUT2D eigenvalue weighted by Crippen LogP contribution is 2.34. The van der Waals surface area contributed by atoms with Crippen LogP contribution in [0.2, 0.25) is 0 Å². The molecular weight excluding hydrogens is 238 g/mol. The summed E-state index contributed by atoms with van der Waals surface area (Å²) < 4.78 is 0. The van der Waals surface area contributed by atoms with Crippen molar-refractivity contribution in [1.82, 2.24) is 0 Å². The molecule has 0 aromatic heterocycles. The Morgan fingerprint density at radius 2 is 1.61 bits per heavy atom. The summed E-state index contributed by atoms with van der Waals surface area (Å²) in [5.41, 5.74) is 5.22. The van der Waals surface area contributed by atoms with Crippen LogP contribution in [-0.2, 0) is 18.3 Å². The molecule has 1 aromatic carbocycles. The van der Waals surface area contributed by atoms with Gasteiger partial charge in [-0.2, -0.15) is 4.99 Å². The zero-order valence-electron chi connectivity index (χ0n) is 12.1. The second kappa shape index (κ2) is 6.26. The Hall–Kier alpha value is -0.980. The van der Waals surface area contributed by atoms with Crippen molar-refractivity contribution in [3.8, 4) is 0 Å². The highest BCUT2D eigenvalue weighted by atomic mass is 32.1. The Morgan fingerprint density at radius 1 is 1.11 bits per heavy atom. The molecule has 0 unspecified atom stereocenters. The summed E-state index contributed by atoms with van der Waals surface area (Å²) in [5, 5.41) is 2.51. The van der Waals surface area contributed by atoms with Crippen molar-refractivity contribution in [2.75, 3.05) is 0 Å². The van der Waals surface area contributed by atoms with Crippen LogP contribution in [-0.4, -0.2) is 5.16 Å². The first-order valence-electron chi connectivity index (χ1n) is 6.74. The molecule has 0 saturated carbocycles. The van der Waals surface area contributed by atoms with Gasteiger partial charge >= 0.3 is 0 Å². The molecule has 0 aliphatic rings. The van der Waals surface area contributed by atoms with Crippen LogP contribution in [0.3, 0.4) is 0 Å². The molecule has 0 aliphatic carbocycles. The van der Waals surface area contributed by atoms with Crippen molar-refractivity contribution < 1.29 is 0 Å². The third-order valence-electron chi connectivity index (χ3n) is 3.85. The number of thiocarbonyl (C=S) groups is 1. The summed E-state index contributed by atoms with van der Waals surface area (Å²) >= 11 is 4.76. The molecule has 0 aliphatic heterocycles. The van der Waals surface area contributed by atoms with E-state index in [9.17, 15) is 0 Å². The van der Waals surface area contributed by atoms with Gasteiger partial charge in [0, 0.05) is 0 Å². The monoisotopic (exact) mass is 261 g/mol. The molecule has 1 rings (SSSR count). The van der Waals surface area contributed by atoms with Gasteiger partial charge in [0.15, 0.2) is 0 Å². The van der Waals surface area contributed by atoms with Crippen LogP contribution in [0.4, 0.5) is 5.69 Å². The largest absolute Gasteiger partial charge is 0.194 e. The number of isothiocyanates is 1. The normalized spacial score (nSPS) is 11.2. The molecule has 0 amide bonds. The van der Waals surface area contributed by atoms with Gasteiger partial charge in [-0.3, -0.25) is 0 Å². The lowest BCUT2D eigenvalue weighted by atomic mass is 9.80. The van der Waals surface area contributed by atoms with E-state index in [4.69, 9.17) is 12.2 Å². The Bertz CT molecular complexity index is 443. The number of rotatable bonds is 5. The molecule has 0 N–H and O–H groups in total. The number of aryl methyl sites for hydroxylation is 2. The first-order chi connectivity index (χ1) is 8.50. The summed E-state index contributed by atoms with van der Waals surface area (Å²) in [6.45, 7) is 11.2. The quantitative estimate of drug-likeness (QED) is 0.522. The van der Waals surface area contributed by atoms with E-state index in [0.29, 0.717) is 0 Å². The third kappa shape index (κ3) is 3.07. The maximum absolute atomic E-state index is 4.76. The lowest BCUT2D eigenvalue weighted by Gasteiger charge is -2.25. The molecule has 0 radical (unpaired) electrons. The van der Waals surface area contributed by atoms with E-state index in [1.807, 2.05) is 0 Å². The summed E-state index contributed by atoms with van der Waals surface area (Å²) in [4.78, 5) is 4.26. The van der Waals surface area contributed by atoms with E-state index in [0.717, 1.165) is 24.9 Å². The fourth-order valence-electron chi connectivity index (χ4n) is 2.08. The Morgan fingerprint density at radius 3 is 1.94 bits per heavy atom. The minimum absolute atomic E-state index is 0.216. The van der Waals surface area contributed by atoms with Gasteiger partial charge in [-0.05, 0) is 53.6 Å². The van der Waals surface area contributed by atoms with Crippen LogP contribution in [0.1, 0.15) is 57.7 Å². The maximum Gasteiger partial charge on any atom is 0.0803 e. The number of aliphatic imine (C=N–C) groups is 1. The zero-order chi connectivity index (χ0) is 13.8. The summed E-state index contributed by atoms with van der Waals surface area (Å²) in [5.74, 6) is 0.